The Morgan fingerprint density at radius 3 is 2.50 bits per heavy atom. The van der Waals surface area contributed by atoms with Crippen LogP contribution in [0.15, 0.2) is 30.3 Å². The van der Waals surface area contributed by atoms with Crippen LogP contribution in [0.25, 0.3) is 0 Å². The van der Waals surface area contributed by atoms with Crippen molar-refractivity contribution in [2.24, 2.45) is 0 Å². The van der Waals surface area contributed by atoms with Crippen LogP contribution >= 0.6 is 0 Å². The van der Waals surface area contributed by atoms with Gasteiger partial charge in [-0.2, -0.15) is 0 Å². The van der Waals surface area contributed by atoms with Crippen molar-refractivity contribution in [3.05, 3.63) is 30.3 Å². The maximum absolute atomic E-state index is 12.3. The van der Waals surface area contributed by atoms with Crippen molar-refractivity contribution in [1.29, 1.82) is 0 Å². The normalized spacial score (nSPS) is 16.2. The molecular formula is C20H31N3O3. The summed E-state index contributed by atoms with van der Waals surface area (Å²) in [7, 11) is 0. The van der Waals surface area contributed by atoms with E-state index in [1.807, 2.05) is 42.2 Å². The molecule has 0 radical (unpaired) electrons. The van der Waals surface area contributed by atoms with Crippen molar-refractivity contribution in [3.63, 3.8) is 0 Å². The summed E-state index contributed by atoms with van der Waals surface area (Å²) in [5, 5.41) is 2.98. The van der Waals surface area contributed by atoms with Gasteiger partial charge in [0.25, 0.3) is 0 Å². The topological polar surface area (TPSA) is 61.9 Å². The molecule has 144 valence electrons. The van der Waals surface area contributed by atoms with Crippen molar-refractivity contribution in [2.45, 2.75) is 39.2 Å². The third-order valence-corrected chi connectivity index (χ3v) is 4.66. The SMILES string of the molecule is CCC(C)NC(=O)CN1CCN(C(=O)CCCOc2ccccc2)CC1. The molecule has 26 heavy (non-hydrogen) atoms. The fraction of sp³-hybridized carbons (Fsp3) is 0.600. The number of hydrogen-bond donors (Lipinski definition) is 1. The second-order valence-corrected chi connectivity index (χ2v) is 6.80. The van der Waals surface area contributed by atoms with E-state index in [2.05, 4.69) is 17.1 Å². The fourth-order valence-electron chi connectivity index (χ4n) is 2.87. The molecule has 0 saturated carbocycles. The maximum atomic E-state index is 12.3. The average Bonchev–Trinajstić information content (AvgIpc) is 2.66. The van der Waals surface area contributed by atoms with Crippen molar-refractivity contribution >= 4 is 11.8 Å². The van der Waals surface area contributed by atoms with Gasteiger partial charge in [0.2, 0.25) is 11.8 Å². The van der Waals surface area contributed by atoms with E-state index in [1.54, 1.807) is 0 Å². The predicted molar refractivity (Wildman–Crippen MR) is 102 cm³/mol. The number of nitrogens with one attached hydrogen (secondary N) is 1. The highest BCUT2D eigenvalue weighted by atomic mass is 16.5. The Morgan fingerprint density at radius 1 is 1.15 bits per heavy atom. The molecule has 1 aliphatic rings. The monoisotopic (exact) mass is 361 g/mol. The molecule has 0 bridgehead atoms. The quantitative estimate of drug-likeness (QED) is 0.683. The van der Waals surface area contributed by atoms with Gasteiger partial charge in [-0.3, -0.25) is 14.5 Å². The molecule has 1 saturated heterocycles. The first kappa shape index (κ1) is 20.2. The number of benzene rings is 1. The number of nitrogens with zero attached hydrogens (tertiary/aromatic N) is 2. The van der Waals surface area contributed by atoms with E-state index in [9.17, 15) is 9.59 Å². The van der Waals surface area contributed by atoms with Gasteiger partial charge in [-0.05, 0) is 31.9 Å². The Bertz CT molecular complexity index is 557. The molecule has 1 atom stereocenters. The van der Waals surface area contributed by atoms with Crippen LogP contribution in [0, 0.1) is 0 Å². The molecule has 6 heteroatoms. The molecule has 1 N–H and O–H groups in total. The largest absolute Gasteiger partial charge is 0.494 e. The lowest BCUT2D eigenvalue weighted by Crippen LogP contribution is -2.51. The van der Waals surface area contributed by atoms with Crippen LogP contribution in [-0.4, -0.2) is 67.0 Å². The van der Waals surface area contributed by atoms with Crippen molar-refractivity contribution in [1.82, 2.24) is 15.1 Å². The Balaban J connectivity index is 1.59. The Morgan fingerprint density at radius 2 is 1.85 bits per heavy atom. The Labute approximate surface area is 156 Å². The van der Waals surface area contributed by atoms with E-state index >= 15 is 0 Å². The van der Waals surface area contributed by atoms with Gasteiger partial charge in [-0.25, -0.2) is 0 Å². The third-order valence-electron chi connectivity index (χ3n) is 4.66. The first-order chi connectivity index (χ1) is 12.6. The highest BCUT2D eigenvalue weighted by Crippen LogP contribution is 2.10. The van der Waals surface area contributed by atoms with Gasteiger partial charge >= 0.3 is 0 Å². The first-order valence-corrected chi connectivity index (χ1v) is 9.55. The Hall–Kier alpha value is -2.08. The van der Waals surface area contributed by atoms with E-state index in [-0.39, 0.29) is 17.9 Å². The van der Waals surface area contributed by atoms with Gasteiger partial charge in [0, 0.05) is 38.6 Å². The number of hydrogen-bond acceptors (Lipinski definition) is 4. The first-order valence-electron chi connectivity index (χ1n) is 9.55. The number of piperazine rings is 1. The second kappa shape index (κ2) is 10.8. The summed E-state index contributed by atoms with van der Waals surface area (Å²) < 4.78 is 5.62. The van der Waals surface area contributed by atoms with Crippen LogP contribution in [0.3, 0.4) is 0 Å². The fourth-order valence-corrected chi connectivity index (χ4v) is 2.87. The van der Waals surface area contributed by atoms with Crippen LogP contribution in [0.4, 0.5) is 0 Å². The highest BCUT2D eigenvalue weighted by molar-refractivity contribution is 5.78. The summed E-state index contributed by atoms with van der Waals surface area (Å²) in [6, 6.07) is 9.86. The molecule has 1 fully saturated rings. The minimum atomic E-state index is 0.0668. The molecule has 0 spiro atoms. The van der Waals surface area contributed by atoms with Crippen molar-refractivity contribution in [3.8, 4) is 5.75 Å². The third kappa shape index (κ3) is 7.04. The molecule has 1 aliphatic heterocycles. The zero-order valence-electron chi connectivity index (χ0n) is 15.9. The molecule has 0 aromatic heterocycles. The van der Waals surface area contributed by atoms with Gasteiger partial charge in [-0.15, -0.1) is 0 Å². The van der Waals surface area contributed by atoms with Crippen LogP contribution in [0.5, 0.6) is 5.75 Å². The molecule has 1 aromatic rings. The van der Waals surface area contributed by atoms with Gasteiger partial charge < -0.3 is 15.0 Å². The number of carbonyl (C=O) groups excluding carboxylic acids is 2. The molecule has 1 heterocycles. The van der Waals surface area contributed by atoms with Gasteiger partial charge in [-0.1, -0.05) is 25.1 Å². The van der Waals surface area contributed by atoms with Crippen LogP contribution in [0.2, 0.25) is 0 Å². The van der Waals surface area contributed by atoms with Gasteiger partial charge in [0.1, 0.15) is 5.75 Å². The molecule has 2 rings (SSSR count). The van der Waals surface area contributed by atoms with Crippen LogP contribution in [-0.2, 0) is 9.59 Å². The van der Waals surface area contributed by atoms with E-state index in [0.29, 0.717) is 39.1 Å². The summed E-state index contributed by atoms with van der Waals surface area (Å²) in [5.41, 5.74) is 0. The summed E-state index contributed by atoms with van der Waals surface area (Å²) in [6.07, 6.45) is 2.15. The molecule has 6 nitrogen and oxygen atoms in total. The molecule has 1 aromatic carbocycles. The Kier molecular flexibility index (Phi) is 8.41. The van der Waals surface area contributed by atoms with Crippen molar-refractivity contribution in [2.75, 3.05) is 39.3 Å². The number of para-hydroxylation sites is 1. The molecule has 1 unspecified atom stereocenters. The summed E-state index contributed by atoms with van der Waals surface area (Å²) in [4.78, 5) is 28.2. The van der Waals surface area contributed by atoms with Crippen LogP contribution in [0.1, 0.15) is 33.1 Å². The zero-order chi connectivity index (χ0) is 18.8. The minimum absolute atomic E-state index is 0.0668. The van der Waals surface area contributed by atoms with Crippen molar-refractivity contribution < 1.29 is 14.3 Å². The number of amides is 2. The lowest BCUT2D eigenvalue weighted by Gasteiger charge is -2.34. The average molecular weight is 361 g/mol. The zero-order valence-corrected chi connectivity index (χ0v) is 15.9. The number of carbonyl (C=O) groups is 2. The standard InChI is InChI=1S/C20H31N3O3/c1-3-17(2)21-19(24)16-22-11-13-23(14-12-22)20(25)10-7-15-26-18-8-5-4-6-9-18/h4-6,8-9,17H,3,7,10-16H2,1-2H3,(H,21,24). The van der Waals surface area contributed by atoms with E-state index < -0.39 is 0 Å². The highest BCUT2D eigenvalue weighted by Gasteiger charge is 2.22. The number of rotatable bonds is 9. The molecule has 2 amide bonds. The molecule has 0 aliphatic carbocycles. The summed E-state index contributed by atoms with van der Waals surface area (Å²) in [6.45, 7) is 7.91. The molecular weight excluding hydrogens is 330 g/mol. The lowest BCUT2D eigenvalue weighted by molar-refractivity contribution is -0.133. The maximum Gasteiger partial charge on any atom is 0.234 e. The van der Waals surface area contributed by atoms with E-state index in [0.717, 1.165) is 25.3 Å². The second-order valence-electron chi connectivity index (χ2n) is 6.80. The van der Waals surface area contributed by atoms with E-state index in [1.165, 1.54) is 0 Å². The van der Waals surface area contributed by atoms with Crippen LogP contribution < -0.4 is 10.1 Å². The van der Waals surface area contributed by atoms with Gasteiger partial charge in [0.05, 0.1) is 13.2 Å². The number of ether oxygens (including phenoxy) is 1. The van der Waals surface area contributed by atoms with Gasteiger partial charge in [0.15, 0.2) is 0 Å². The predicted octanol–water partition coefficient (Wildman–Crippen LogP) is 1.90. The minimum Gasteiger partial charge on any atom is -0.494 e. The smallest absolute Gasteiger partial charge is 0.234 e. The summed E-state index contributed by atoms with van der Waals surface area (Å²) >= 11 is 0. The lowest BCUT2D eigenvalue weighted by atomic mass is 10.2. The summed E-state index contributed by atoms with van der Waals surface area (Å²) in [5.74, 6) is 1.08. The van der Waals surface area contributed by atoms with E-state index in [4.69, 9.17) is 4.74 Å².